The van der Waals surface area contributed by atoms with Gasteiger partial charge in [0, 0.05) is 5.39 Å². The van der Waals surface area contributed by atoms with E-state index in [9.17, 15) is 5.11 Å². The summed E-state index contributed by atoms with van der Waals surface area (Å²) in [6, 6.07) is 6.27. The van der Waals surface area contributed by atoms with Crippen LogP contribution in [0, 0.1) is 6.92 Å². The molecule has 2 aromatic rings. The van der Waals surface area contributed by atoms with E-state index in [1.54, 1.807) is 0 Å². The number of aliphatic hydroxyl groups is 1. The molecule has 1 atom stereocenters. The zero-order valence-corrected chi connectivity index (χ0v) is 11.7. The van der Waals surface area contributed by atoms with Crippen LogP contribution in [0.15, 0.2) is 22.6 Å². The molecular weight excluding hydrogens is 224 g/mol. The molecule has 2 rings (SSSR count). The number of benzene rings is 1. The average Bonchev–Trinajstić information content (AvgIpc) is 2.75. The molecule has 2 nitrogen and oxygen atoms in total. The van der Waals surface area contributed by atoms with Gasteiger partial charge in [-0.3, -0.25) is 0 Å². The van der Waals surface area contributed by atoms with E-state index in [2.05, 4.69) is 32.9 Å². The lowest BCUT2D eigenvalue weighted by molar-refractivity contribution is 0.141. The molecule has 98 valence electrons. The third-order valence-electron chi connectivity index (χ3n) is 3.45. The van der Waals surface area contributed by atoms with Gasteiger partial charge in [0.1, 0.15) is 17.4 Å². The largest absolute Gasteiger partial charge is 0.458 e. The van der Waals surface area contributed by atoms with E-state index in [1.807, 2.05) is 13.0 Å². The van der Waals surface area contributed by atoms with Crippen molar-refractivity contribution in [2.45, 2.75) is 52.6 Å². The van der Waals surface area contributed by atoms with Gasteiger partial charge in [-0.2, -0.15) is 0 Å². The van der Waals surface area contributed by atoms with Gasteiger partial charge in [0.05, 0.1) is 0 Å². The highest BCUT2D eigenvalue weighted by Crippen LogP contribution is 2.33. The van der Waals surface area contributed by atoms with Gasteiger partial charge in [0.15, 0.2) is 0 Å². The third kappa shape index (κ3) is 2.30. The first kappa shape index (κ1) is 13.2. The van der Waals surface area contributed by atoms with Crippen LogP contribution >= 0.6 is 0 Å². The molecule has 1 aromatic carbocycles. The molecule has 0 aliphatic carbocycles. The molecule has 1 unspecified atom stereocenters. The van der Waals surface area contributed by atoms with Gasteiger partial charge in [-0.05, 0) is 36.5 Å². The number of aliphatic hydroxyl groups excluding tert-OH is 1. The number of fused-ring (bicyclic) bond motifs is 1. The second-order valence-corrected chi connectivity index (χ2v) is 5.32. The van der Waals surface area contributed by atoms with Crippen LogP contribution in [0.4, 0.5) is 0 Å². The Morgan fingerprint density at radius 2 is 2.00 bits per heavy atom. The van der Waals surface area contributed by atoms with Gasteiger partial charge in [-0.15, -0.1) is 0 Å². The van der Waals surface area contributed by atoms with E-state index in [1.165, 1.54) is 5.56 Å². The fourth-order valence-electron chi connectivity index (χ4n) is 2.38. The first-order valence-electron chi connectivity index (χ1n) is 6.75. The minimum atomic E-state index is -0.484. The standard InChI is InChI=1S/C16H22O2/c1-5-6-14(17)15-9-13-12(10(2)3)8-7-11(4)16(13)18-15/h7-10,14,17H,5-6H2,1-4H3. The van der Waals surface area contributed by atoms with Crippen LogP contribution in [0.5, 0.6) is 0 Å². The Morgan fingerprint density at radius 3 is 2.61 bits per heavy atom. The predicted octanol–water partition coefficient (Wildman–Crippen LogP) is 4.70. The summed E-state index contributed by atoms with van der Waals surface area (Å²) in [5, 5.41) is 11.2. The minimum absolute atomic E-state index is 0.460. The maximum absolute atomic E-state index is 10.0. The monoisotopic (exact) mass is 246 g/mol. The molecule has 1 heterocycles. The molecule has 1 aromatic heterocycles. The van der Waals surface area contributed by atoms with Crippen molar-refractivity contribution in [2.24, 2.45) is 0 Å². The van der Waals surface area contributed by atoms with Crippen LogP contribution < -0.4 is 0 Å². The predicted molar refractivity (Wildman–Crippen MR) is 74.9 cm³/mol. The van der Waals surface area contributed by atoms with Crippen LogP contribution in [0.3, 0.4) is 0 Å². The lowest BCUT2D eigenvalue weighted by atomic mass is 9.97. The number of hydrogen-bond acceptors (Lipinski definition) is 2. The normalized spacial score (nSPS) is 13.4. The smallest absolute Gasteiger partial charge is 0.137 e. The zero-order valence-electron chi connectivity index (χ0n) is 11.7. The van der Waals surface area contributed by atoms with Gasteiger partial charge in [0.2, 0.25) is 0 Å². The molecule has 2 heteroatoms. The van der Waals surface area contributed by atoms with Crippen molar-refractivity contribution in [3.63, 3.8) is 0 Å². The molecule has 0 saturated heterocycles. The van der Waals surface area contributed by atoms with Crippen molar-refractivity contribution in [1.82, 2.24) is 0 Å². The van der Waals surface area contributed by atoms with E-state index < -0.39 is 6.10 Å². The Labute approximate surface area is 109 Å². The maximum Gasteiger partial charge on any atom is 0.137 e. The van der Waals surface area contributed by atoms with Crippen molar-refractivity contribution in [3.8, 4) is 0 Å². The summed E-state index contributed by atoms with van der Waals surface area (Å²) < 4.78 is 5.85. The van der Waals surface area contributed by atoms with Gasteiger partial charge in [0.25, 0.3) is 0 Å². The molecule has 1 N–H and O–H groups in total. The number of hydrogen-bond donors (Lipinski definition) is 1. The Kier molecular flexibility index (Phi) is 3.76. The molecule has 0 saturated carbocycles. The average molecular weight is 246 g/mol. The number of aryl methyl sites for hydroxylation is 1. The molecule has 0 amide bonds. The summed E-state index contributed by atoms with van der Waals surface area (Å²) >= 11 is 0. The zero-order chi connectivity index (χ0) is 13.3. The summed E-state index contributed by atoms with van der Waals surface area (Å²) in [6.07, 6.45) is 1.21. The molecule has 0 radical (unpaired) electrons. The summed E-state index contributed by atoms with van der Waals surface area (Å²) in [5.41, 5.74) is 3.34. The Balaban J connectivity index is 2.55. The minimum Gasteiger partial charge on any atom is -0.458 e. The first-order valence-corrected chi connectivity index (χ1v) is 6.75. The summed E-state index contributed by atoms with van der Waals surface area (Å²) in [4.78, 5) is 0. The van der Waals surface area contributed by atoms with Gasteiger partial charge >= 0.3 is 0 Å². The van der Waals surface area contributed by atoms with Crippen LogP contribution in [-0.4, -0.2) is 5.11 Å². The van der Waals surface area contributed by atoms with E-state index in [-0.39, 0.29) is 0 Å². The van der Waals surface area contributed by atoms with Crippen molar-refractivity contribution < 1.29 is 9.52 Å². The molecule has 0 fully saturated rings. The van der Waals surface area contributed by atoms with E-state index in [4.69, 9.17) is 4.42 Å². The third-order valence-corrected chi connectivity index (χ3v) is 3.45. The summed E-state index contributed by atoms with van der Waals surface area (Å²) in [6.45, 7) is 8.47. The second-order valence-electron chi connectivity index (χ2n) is 5.32. The van der Waals surface area contributed by atoms with Crippen LogP contribution in [0.25, 0.3) is 11.0 Å². The van der Waals surface area contributed by atoms with Crippen LogP contribution in [-0.2, 0) is 0 Å². The molecule has 0 aliphatic rings. The first-order chi connectivity index (χ1) is 8.54. The van der Waals surface area contributed by atoms with Crippen LogP contribution in [0.2, 0.25) is 0 Å². The molecule has 0 bridgehead atoms. The Hall–Kier alpha value is -1.28. The van der Waals surface area contributed by atoms with Crippen molar-refractivity contribution in [2.75, 3.05) is 0 Å². The van der Waals surface area contributed by atoms with E-state index in [0.29, 0.717) is 11.7 Å². The van der Waals surface area contributed by atoms with Crippen LogP contribution in [0.1, 0.15) is 62.5 Å². The maximum atomic E-state index is 10.0. The van der Waals surface area contributed by atoms with Gasteiger partial charge in [-0.1, -0.05) is 39.3 Å². The highest BCUT2D eigenvalue weighted by molar-refractivity contribution is 5.85. The fraction of sp³-hybridized carbons (Fsp3) is 0.500. The molecular formula is C16H22O2. The van der Waals surface area contributed by atoms with Gasteiger partial charge in [-0.25, -0.2) is 0 Å². The van der Waals surface area contributed by atoms with Gasteiger partial charge < -0.3 is 9.52 Å². The molecule has 0 aliphatic heterocycles. The number of furan rings is 1. The summed E-state index contributed by atoms with van der Waals surface area (Å²) in [7, 11) is 0. The second kappa shape index (κ2) is 5.15. The molecule has 18 heavy (non-hydrogen) atoms. The van der Waals surface area contributed by atoms with Crippen molar-refractivity contribution in [3.05, 3.63) is 35.1 Å². The number of rotatable bonds is 4. The lowest BCUT2D eigenvalue weighted by Crippen LogP contribution is -1.93. The van der Waals surface area contributed by atoms with Crippen molar-refractivity contribution >= 4 is 11.0 Å². The fourth-order valence-corrected chi connectivity index (χ4v) is 2.38. The Morgan fingerprint density at radius 1 is 1.28 bits per heavy atom. The Bertz CT molecular complexity index is 537. The van der Waals surface area contributed by atoms with E-state index >= 15 is 0 Å². The quantitative estimate of drug-likeness (QED) is 0.848. The van der Waals surface area contributed by atoms with E-state index in [0.717, 1.165) is 29.4 Å². The topological polar surface area (TPSA) is 33.4 Å². The SMILES string of the molecule is CCCC(O)c1cc2c(C(C)C)ccc(C)c2o1. The van der Waals surface area contributed by atoms with Crippen molar-refractivity contribution in [1.29, 1.82) is 0 Å². The highest BCUT2D eigenvalue weighted by atomic mass is 16.4. The highest BCUT2D eigenvalue weighted by Gasteiger charge is 2.16. The summed E-state index contributed by atoms with van der Waals surface area (Å²) in [5.74, 6) is 1.16. The molecule has 0 spiro atoms. The lowest BCUT2D eigenvalue weighted by Gasteiger charge is -2.07.